The molecule has 1 heterocycles. The minimum Gasteiger partial charge on any atom is -0.491 e. The van der Waals surface area contributed by atoms with Crippen LogP contribution in [-0.4, -0.2) is 12.4 Å². The number of halogens is 1. The van der Waals surface area contributed by atoms with Gasteiger partial charge in [-0.3, -0.25) is 4.79 Å². The van der Waals surface area contributed by atoms with Gasteiger partial charge in [0.15, 0.2) is 5.75 Å². The van der Waals surface area contributed by atoms with Gasteiger partial charge in [-0.05, 0) is 30.5 Å². The first-order valence-corrected chi connectivity index (χ1v) is 6.70. The summed E-state index contributed by atoms with van der Waals surface area (Å²) in [6, 6.07) is 6.83. The van der Waals surface area contributed by atoms with Crippen molar-refractivity contribution < 1.29 is 9.53 Å². The number of carbonyl (C=O) groups excluding carboxylic acids is 1. The van der Waals surface area contributed by atoms with Gasteiger partial charge in [0.1, 0.15) is 0 Å². The predicted molar refractivity (Wildman–Crippen MR) is 74.8 cm³/mol. The van der Waals surface area contributed by atoms with E-state index in [0.717, 1.165) is 0 Å². The van der Waals surface area contributed by atoms with Crippen LogP contribution in [0.4, 0.5) is 5.69 Å². The first-order chi connectivity index (χ1) is 8.65. The summed E-state index contributed by atoms with van der Waals surface area (Å²) in [7, 11) is 0. The second-order valence-electron chi connectivity index (χ2n) is 3.58. The molecule has 94 valence electrons. The summed E-state index contributed by atoms with van der Waals surface area (Å²) in [6.45, 7) is 2.30. The molecular weight excluding hydrogens is 270 g/mol. The van der Waals surface area contributed by atoms with Gasteiger partial charge in [0, 0.05) is 0 Å². The Labute approximate surface area is 114 Å². The highest BCUT2D eigenvalue weighted by atomic mass is 35.5. The predicted octanol–water partition coefficient (Wildman–Crippen LogP) is 3.61. The number of rotatable bonds is 4. The van der Waals surface area contributed by atoms with Crippen molar-refractivity contribution in [2.75, 3.05) is 12.3 Å². The summed E-state index contributed by atoms with van der Waals surface area (Å²) in [4.78, 5) is 12.9. The van der Waals surface area contributed by atoms with Gasteiger partial charge in [0.25, 0.3) is 0 Å². The van der Waals surface area contributed by atoms with Gasteiger partial charge in [0.2, 0.25) is 5.78 Å². The third-order valence-corrected chi connectivity index (χ3v) is 3.74. The molecule has 0 saturated heterocycles. The van der Waals surface area contributed by atoms with Crippen LogP contribution in [0.15, 0.2) is 29.6 Å². The molecule has 0 aliphatic heterocycles. The number of hydrogen-bond acceptors (Lipinski definition) is 4. The second-order valence-corrected chi connectivity index (χ2v) is 4.91. The summed E-state index contributed by atoms with van der Waals surface area (Å²) in [5.41, 5.74) is 6.73. The molecule has 0 aliphatic rings. The van der Waals surface area contributed by atoms with E-state index in [0.29, 0.717) is 33.5 Å². The van der Waals surface area contributed by atoms with Gasteiger partial charge < -0.3 is 10.5 Å². The zero-order valence-electron chi connectivity index (χ0n) is 9.77. The van der Waals surface area contributed by atoms with E-state index < -0.39 is 0 Å². The van der Waals surface area contributed by atoms with Crippen molar-refractivity contribution >= 4 is 34.4 Å². The molecule has 2 rings (SSSR count). The number of thiophene rings is 1. The normalized spacial score (nSPS) is 10.3. The highest BCUT2D eigenvalue weighted by Gasteiger charge is 2.19. The Bertz CT molecular complexity index is 580. The minimum atomic E-state index is -0.161. The maximum atomic E-state index is 12.4. The zero-order chi connectivity index (χ0) is 13.1. The number of hydrogen-bond donors (Lipinski definition) is 1. The zero-order valence-corrected chi connectivity index (χ0v) is 11.3. The SMILES string of the molecule is CCOc1c(N)cccc1C(=O)c1sccc1Cl. The van der Waals surface area contributed by atoms with Gasteiger partial charge in [0.05, 0.1) is 27.8 Å². The number of anilines is 1. The lowest BCUT2D eigenvalue weighted by atomic mass is 10.1. The van der Waals surface area contributed by atoms with Crippen LogP contribution >= 0.6 is 22.9 Å². The van der Waals surface area contributed by atoms with E-state index in [4.69, 9.17) is 22.1 Å². The van der Waals surface area contributed by atoms with Crippen LogP contribution in [0.1, 0.15) is 22.2 Å². The molecule has 0 atom stereocenters. The standard InChI is InChI=1S/C13H12ClNO2S/c1-2-17-12-8(4-3-5-10(12)15)11(16)13-9(14)6-7-18-13/h3-7H,2,15H2,1H3. The molecule has 1 aromatic carbocycles. The van der Waals surface area contributed by atoms with Gasteiger partial charge in [-0.25, -0.2) is 0 Å². The quantitative estimate of drug-likeness (QED) is 0.688. The average molecular weight is 282 g/mol. The number of carbonyl (C=O) groups is 1. The lowest BCUT2D eigenvalue weighted by Gasteiger charge is -2.11. The Morgan fingerprint density at radius 2 is 2.22 bits per heavy atom. The van der Waals surface area contributed by atoms with E-state index in [-0.39, 0.29) is 5.78 Å². The Balaban J connectivity index is 2.48. The molecule has 0 saturated carbocycles. The van der Waals surface area contributed by atoms with Crippen molar-refractivity contribution in [3.05, 3.63) is 45.1 Å². The number of nitrogens with two attached hydrogens (primary N) is 1. The molecule has 2 aromatic rings. The first kappa shape index (κ1) is 12.9. The number of para-hydroxylation sites is 1. The van der Waals surface area contributed by atoms with Crippen LogP contribution in [0.25, 0.3) is 0 Å². The summed E-state index contributed by atoms with van der Waals surface area (Å²) >= 11 is 7.28. The smallest absolute Gasteiger partial charge is 0.208 e. The highest BCUT2D eigenvalue weighted by Crippen LogP contribution is 2.32. The average Bonchev–Trinajstić information content (AvgIpc) is 2.77. The number of ketones is 1. The Kier molecular flexibility index (Phi) is 3.89. The van der Waals surface area contributed by atoms with Gasteiger partial charge in [-0.2, -0.15) is 0 Å². The van der Waals surface area contributed by atoms with Crippen LogP contribution in [-0.2, 0) is 0 Å². The molecule has 0 spiro atoms. The summed E-state index contributed by atoms with van der Waals surface area (Å²) in [6.07, 6.45) is 0. The van der Waals surface area contributed by atoms with Crippen LogP contribution in [0.2, 0.25) is 5.02 Å². The molecule has 3 nitrogen and oxygen atoms in total. The first-order valence-electron chi connectivity index (χ1n) is 5.44. The minimum absolute atomic E-state index is 0.161. The topological polar surface area (TPSA) is 52.3 Å². The van der Waals surface area contributed by atoms with Gasteiger partial charge in [-0.1, -0.05) is 17.7 Å². The number of nitrogen functional groups attached to an aromatic ring is 1. The van der Waals surface area contributed by atoms with E-state index in [1.807, 2.05) is 6.92 Å². The van der Waals surface area contributed by atoms with E-state index in [1.54, 1.807) is 29.6 Å². The van der Waals surface area contributed by atoms with Crippen molar-refractivity contribution in [2.24, 2.45) is 0 Å². The van der Waals surface area contributed by atoms with Crippen molar-refractivity contribution in [3.63, 3.8) is 0 Å². The molecular formula is C13H12ClNO2S. The monoisotopic (exact) mass is 281 g/mol. The Morgan fingerprint density at radius 1 is 1.44 bits per heavy atom. The molecule has 1 aromatic heterocycles. The second kappa shape index (κ2) is 5.42. The Morgan fingerprint density at radius 3 is 2.83 bits per heavy atom. The lowest BCUT2D eigenvalue weighted by molar-refractivity contribution is 0.103. The fraction of sp³-hybridized carbons (Fsp3) is 0.154. The van der Waals surface area contributed by atoms with Crippen LogP contribution < -0.4 is 10.5 Å². The summed E-state index contributed by atoms with van der Waals surface area (Å²) in [5.74, 6) is 0.264. The molecule has 0 unspecified atom stereocenters. The van der Waals surface area contributed by atoms with Crippen LogP contribution in [0.5, 0.6) is 5.75 Å². The van der Waals surface area contributed by atoms with Crippen LogP contribution in [0, 0.1) is 0 Å². The van der Waals surface area contributed by atoms with E-state index >= 15 is 0 Å². The molecule has 2 N–H and O–H groups in total. The van der Waals surface area contributed by atoms with Crippen molar-refractivity contribution in [3.8, 4) is 5.75 Å². The summed E-state index contributed by atoms with van der Waals surface area (Å²) in [5, 5.41) is 2.23. The highest BCUT2D eigenvalue weighted by molar-refractivity contribution is 7.13. The number of benzene rings is 1. The van der Waals surface area contributed by atoms with Gasteiger partial charge in [-0.15, -0.1) is 11.3 Å². The third-order valence-electron chi connectivity index (χ3n) is 2.40. The number of ether oxygens (including phenoxy) is 1. The van der Waals surface area contributed by atoms with Crippen molar-refractivity contribution in [1.29, 1.82) is 0 Å². The molecule has 0 fully saturated rings. The fourth-order valence-corrected chi connectivity index (χ4v) is 2.71. The van der Waals surface area contributed by atoms with Crippen molar-refractivity contribution in [2.45, 2.75) is 6.92 Å². The molecule has 18 heavy (non-hydrogen) atoms. The van der Waals surface area contributed by atoms with Crippen molar-refractivity contribution in [1.82, 2.24) is 0 Å². The maximum absolute atomic E-state index is 12.4. The third kappa shape index (κ3) is 2.35. The summed E-state index contributed by atoms with van der Waals surface area (Å²) < 4.78 is 5.44. The van der Waals surface area contributed by atoms with Crippen LogP contribution in [0.3, 0.4) is 0 Å². The van der Waals surface area contributed by atoms with E-state index in [1.165, 1.54) is 11.3 Å². The molecule has 0 bridgehead atoms. The molecule has 0 radical (unpaired) electrons. The largest absolute Gasteiger partial charge is 0.491 e. The maximum Gasteiger partial charge on any atom is 0.208 e. The molecule has 5 heteroatoms. The lowest BCUT2D eigenvalue weighted by Crippen LogP contribution is -2.06. The Hall–Kier alpha value is -1.52. The fourth-order valence-electron chi connectivity index (χ4n) is 1.62. The van der Waals surface area contributed by atoms with E-state index in [2.05, 4.69) is 0 Å². The molecule has 0 aliphatic carbocycles. The van der Waals surface area contributed by atoms with E-state index in [9.17, 15) is 4.79 Å². The van der Waals surface area contributed by atoms with Gasteiger partial charge >= 0.3 is 0 Å². The molecule has 0 amide bonds.